The standard InChI is InChI=1S/C15H19N3O2/c1-11(2)7-8-12(3)10-13-15(18(19)20)17-9-5-4-6-14(17)16-13/h4-6,9-11H,7-8H2,1-3H3/b12-10+. The van der Waals surface area contributed by atoms with Crippen LogP contribution in [0.2, 0.25) is 0 Å². The molecule has 0 aliphatic rings. The van der Waals surface area contributed by atoms with Gasteiger partial charge in [-0.05, 0) is 42.7 Å². The Balaban J connectivity index is 2.41. The fourth-order valence-electron chi connectivity index (χ4n) is 2.10. The molecule has 0 aromatic carbocycles. The Hall–Kier alpha value is -2.17. The van der Waals surface area contributed by atoms with Gasteiger partial charge in [-0.2, -0.15) is 4.40 Å². The average molecular weight is 273 g/mol. The van der Waals surface area contributed by atoms with E-state index in [2.05, 4.69) is 18.8 Å². The molecular weight excluding hydrogens is 254 g/mol. The summed E-state index contributed by atoms with van der Waals surface area (Å²) in [6, 6.07) is 5.36. The molecule has 2 aromatic rings. The Bertz CT molecular complexity index is 656. The number of hydrogen-bond acceptors (Lipinski definition) is 3. The van der Waals surface area contributed by atoms with Gasteiger partial charge < -0.3 is 10.1 Å². The number of allylic oxidation sites excluding steroid dienone is 1. The van der Waals surface area contributed by atoms with E-state index >= 15 is 0 Å². The van der Waals surface area contributed by atoms with E-state index in [9.17, 15) is 10.1 Å². The third-order valence-corrected chi connectivity index (χ3v) is 3.20. The molecule has 2 heterocycles. The normalized spacial score (nSPS) is 12.3. The Morgan fingerprint density at radius 2 is 2.25 bits per heavy atom. The topological polar surface area (TPSA) is 60.4 Å². The lowest BCUT2D eigenvalue weighted by Gasteiger charge is -2.03. The summed E-state index contributed by atoms with van der Waals surface area (Å²) in [5.41, 5.74) is 2.15. The summed E-state index contributed by atoms with van der Waals surface area (Å²) >= 11 is 0. The molecule has 0 amide bonds. The van der Waals surface area contributed by atoms with Gasteiger partial charge in [-0.25, -0.2) is 4.98 Å². The molecule has 0 fully saturated rings. The predicted molar refractivity (Wildman–Crippen MR) is 79.6 cm³/mol. The zero-order valence-corrected chi connectivity index (χ0v) is 12.0. The molecule has 5 heteroatoms. The third kappa shape index (κ3) is 3.04. The van der Waals surface area contributed by atoms with Crippen LogP contribution in [0.25, 0.3) is 11.7 Å². The highest BCUT2D eigenvalue weighted by atomic mass is 16.6. The Morgan fingerprint density at radius 3 is 2.90 bits per heavy atom. The van der Waals surface area contributed by atoms with Crippen molar-refractivity contribution in [1.82, 2.24) is 9.38 Å². The fourth-order valence-corrected chi connectivity index (χ4v) is 2.10. The summed E-state index contributed by atoms with van der Waals surface area (Å²) in [6.45, 7) is 6.33. The number of imidazole rings is 1. The van der Waals surface area contributed by atoms with Crippen LogP contribution in [0, 0.1) is 16.0 Å². The quantitative estimate of drug-likeness (QED) is 0.609. The van der Waals surface area contributed by atoms with E-state index in [0.29, 0.717) is 17.3 Å². The average Bonchev–Trinajstić information content (AvgIpc) is 2.74. The van der Waals surface area contributed by atoms with Crippen LogP contribution >= 0.6 is 0 Å². The van der Waals surface area contributed by atoms with Crippen molar-refractivity contribution in [3.8, 4) is 0 Å². The number of nitrogens with zero attached hydrogens (tertiary/aromatic N) is 3. The maximum Gasteiger partial charge on any atom is 0.355 e. The Morgan fingerprint density at radius 1 is 1.50 bits per heavy atom. The van der Waals surface area contributed by atoms with Gasteiger partial charge in [0.2, 0.25) is 5.65 Å². The summed E-state index contributed by atoms with van der Waals surface area (Å²) in [7, 11) is 0. The molecule has 0 aliphatic carbocycles. The highest BCUT2D eigenvalue weighted by molar-refractivity contribution is 5.63. The molecule has 0 bridgehead atoms. The van der Waals surface area contributed by atoms with Gasteiger partial charge >= 0.3 is 5.82 Å². The van der Waals surface area contributed by atoms with Gasteiger partial charge in [0, 0.05) is 6.07 Å². The first kappa shape index (κ1) is 14.2. The van der Waals surface area contributed by atoms with Crippen LogP contribution in [0.5, 0.6) is 0 Å². The molecule has 0 N–H and O–H groups in total. The van der Waals surface area contributed by atoms with Crippen LogP contribution in [0.4, 0.5) is 5.82 Å². The number of fused-ring (bicyclic) bond motifs is 1. The predicted octanol–water partition coefficient (Wildman–Crippen LogP) is 4.08. The zero-order chi connectivity index (χ0) is 14.7. The van der Waals surface area contributed by atoms with Crippen molar-refractivity contribution < 1.29 is 4.92 Å². The molecular formula is C15H19N3O2. The molecule has 0 aliphatic heterocycles. The molecule has 0 spiro atoms. The van der Waals surface area contributed by atoms with Crippen molar-refractivity contribution >= 4 is 17.5 Å². The van der Waals surface area contributed by atoms with Gasteiger partial charge in [0.1, 0.15) is 0 Å². The van der Waals surface area contributed by atoms with E-state index in [1.807, 2.05) is 19.1 Å². The Kier molecular flexibility index (Phi) is 4.17. The van der Waals surface area contributed by atoms with E-state index in [0.717, 1.165) is 18.4 Å². The van der Waals surface area contributed by atoms with Crippen LogP contribution in [0.1, 0.15) is 39.3 Å². The minimum atomic E-state index is -0.373. The smallest absolute Gasteiger partial charge is 0.355 e. The maximum absolute atomic E-state index is 11.3. The van der Waals surface area contributed by atoms with E-state index in [-0.39, 0.29) is 10.7 Å². The lowest BCUT2D eigenvalue weighted by atomic mass is 10.0. The second-order valence-corrected chi connectivity index (χ2v) is 5.43. The van der Waals surface area contributed by atoms with Crippen LogP contribution in [0.15, 0.2) is 30.0 Å². The fraction of sp³-hybridized carbons (Fsp3) is 0.400. The summed E-state index contributed by atoms with van der Waals surface area (Å²) in [5.74, 6) is 0.652. The molecule has 0 radical (unpaired) electrons. The van der Waals surface area contributed by atoms with E-state index in [1.54, 1.807) is 18.3 Å². The summed E-state index contributed by atoms with van der Waals surface area (Å²) in [6.07, 6.45) is 5.50. The number of pyridine rings is 1. The number of aromatic nitrogens is 2. The van der Waals surface area contributed by atoms with Crippen LogP contribution in [0.3, 0.4) is 0 Å². The van der Waals surface area contributed by atoms with E-state index in [4.69, 9.17) is 0 Å². The molecule has 0 unspecified atom stereocenters. The molecule has 0 saturated heterocycles. The molecule has 20 heavy (non-hydrogen) atoms. The first-order valence-electron chi connectivity index (χ1n) is 6.77. The molecule has 0 atom stereocenters. The van der Waals surface area contributed by atoms with Crippen LogP contribution in [-0.4, -0.2) is 14.3 Å². The summed E-state index contributed by atoms with van der Waals surface area (Å²) < 4.78 is 1.52. The second-order valence-electron chi connectivity index (χ2n) is 5.43. The van der Waals surface area contributed by atoms with Crippen LogP contribution < -0.4 is 0 Å². The van der Waals surface area contributed by atoms with Gasteiger partial charge in [-0.3, -0.25) is 0 Å². The first-order valence-corrected chi connectivity index (χ1v) is 6.77. The van der Waals surface area contributed by atoms with Gasteiger partial charge in [-0.1, -0.05) is 25.5 Å². The second kappa shape index (κ2) is 5.86. The van der Waals surface area contributed by atoms with Crippen molar-refractivity contribution in [2.75, 3.05) is 0 Å². The number of hydrogen-bond donors (Lipinski definition) is 0. The van der Waals surface area contributed by atoms with Crippen molar-refractivity contribution in [2.45, 2.75) is 33.6 Å². The van der Waals surface area contributed by atoms with Crippen molar-refractivity contribution in [2.24, 2.45) is 5.92 Å². The molecule has 2 rings (SSSR count). The monoisotopic (exact) mass is 273 g/mol. The first-order chi connectivity index (χ1) is 9.49. The van der Waals surface area contributed by atoms with Crippen molar-refractivity contribution in [3.63, 3.8) is 0 Å². The SMILES string of the molecule is C/C(=C\c1nc2ccccn2c1[N+](=O)[O-])CCC(C)C. The largest absolute Gasteiger partial charge is 0.358 e. The van der Waals surface area contributed by atoms with Gasteiger partial charge in [-0.15, -0.1) is 0 Å². The number of nitro groups is 1. The maximum atomic E-state index is 11.3. The van der Waals surface area contributed by atoms with E-state index in [1.165, 1.54) is 4.40 Å². The number of rotatable bonds is 5. The minimum absolute atomic E-state index is 0.0319. The van der Waals surface area contributed by atoms with Gasteiger partial charge in [0.05, 0.1) is 6.20 Å². The lowest BCUT2D eigenvalue weighted by molar-refractivity contribution is -0.390. The van der Waals surface area contributed by atoms with Gasteiger partial charge in [0.15, 0.2) is 5.69 Å². The third-order valence-electron chi connectivity index (χ3n) is 3.20. The molecule has 106 valence electrons. The van der Waals surface area contributed by atoms with Gasteiger partial charge in [0.25, 0.3) is 0 Å². The minimum Gasteiger partial charge on any atom is -0.358 e. The zero-order valence-electron chi connectivity index (χ0n) is 12.0. The molecule has 2 aromatic heterocycles. The summed E-state index contributed by atoms with van der Waals surface area (Å²) in [5, 5.41) is 11.3. The van der Waals surface area contributed by atoms with Crippen molar-refractivity contribution in [3.05, 3.63) is 45.8 Å². The lowest BCUT2D eigenvalue weighted by Crippen LogP contribution is -1.95. The Labute approximate surface area is 118 Å². The summed E-state index contributed by atoms with van der Waals surface area (Å²) in [4.78, 5) is 15.2. The van der Waals surface area contributed by atoms with Crippen molar-refractivity contribution in [1.29, 1.82) is 0 Å². The highest BCUT2D eigenvalue weighted by Crippen LogP contribution is 2.24. The molecule has 0 saturated carbocycles. The molecule has 5 nitrogen and oxygen atoms in total. The highest BCUT2D eigenvalue weighted by Gasteiger charge is 2.20. The van der Waals surface area contributed by atoms with E-state index < -0.39 is 0 Å². The van der Waals surface area contributed by atoms with Crippen LogP contribution in [-0.2, 0) is 0 Å².